The number of para-hydroxylation sites is 1. The fraction of sp³-hybridized carbons (Fsp3) is 0.278. The van der Waals surface area contributed by atoms with Crippen LogP contribution in [0.15, 0.2) is 48.5 Å². The summed E-state index contributed by atoms with van der Waals surface area (Å²) in [5.41, 5.74) is 1.75. The first kappa shape index (κ1) is 15.9. The molecule has 0 N–H and O–H groups in total. The highest BCUT2D eigenvalue weighted by Crippen LogP contribution is 2.18. The molecule has 2 rings (SSSR count). The summed E-state index contributed by atoms with van der Waals surface area (Å²) in [6.45, 7) is 2.98. The number of ether oxygens (including phenoxy) is 2. The fourth-order valence-electron chi connectivity index (χ4n) is 2.06. The van der Waals surface area contributed by atoms with Gasteiger partial charge in [-0.05, 0) is 31.2 Å². The van der Waals surface area contributed by atoms with Gasteiger partial charge < -0.3 is 14.4 Å². The Morgan fingerprint density at radius 2 is 1.77 bits per heavy atom. The van der Waals surface area contributed by atoms with Crippen LogP contribution in [0.5, 0.6) is 11.5 Å². The van der Waals surface area contributed by atoms with Gasteiger partial charge in [0, 0.05) is 7.05 Å². The third-order valence-corrected chi connectivity index (χ3v) is 3.40. The Bertz CT molecular complexity index is 622. The Hall–Kier alpha value is -2.49. The second-order valence-corrected chi connectivity index (χ2v) is 5.09. The maximum absolute atomic E-state index is 12.4. The number of rotatable bonds is 6. The number of carbonyl (C=O) groups is 1. The molecular weight excluding hydrogens is 278 g/mol. The van der Waals surface area contributed by atoms with E-state index < -0.39 is 0 Å². The molecule has 2 aromatic rings. The maximum Gasteiger partial charge on any atom is 0.257 e. The van der Waals surface area contributed by atoms with Gasteiger partial charge in [0.15, 0.2) is 0 Å². The average Bonchev–Trinajstić information content (AvgIpc) is 2.55. The molecule has 0 saturated carbocycles. The van der Waals surface area contributed by atoms with Crippen molar-refractivity contribution in [3.05, 3.63) is 59.7 Å². The number of hydrogen-bond acceptors (Lipinski definition) is 3. The summed E-state index contributed by atoms with van der Waals surface area (Å²) in [6.07, 6.45) is 0. The molecule has 0 aliphatic carbocycles. The predicted molar refractivity (Wildman–Crippen MR) is 86.6 cm³/mol. The van der Waals surface area contributed by atoms with Gasteiger partial charge in [0.1, 0.15) is 18.1 Å². The zero-order valence-electron chi connectivity index (χ0n) is 13.2. The van der Waals surface area contributed by atoms with Crippen molar-refractivity contribution in [3.63, 3.8) is 0 Å². The molecule has 2 aromatic carbocycles. The molecule has 22 heavy (non-hydrogen) atoms. The second kappa shape index (κ2) is 7.50. The molecule has 0 fully saturated rings. The standard InChI is InChI=1S/C18H21NO3/c1-14-8-10-15(11-9-14)22-13-12-19(2)18(20)16-6-4-5-7-17(16)21-3/h4-11H,12-13H2,1-3H3. The van der Waals surface area contributed by atoms with E-state index >= 15 is 0 Å². The smallest absolute Gasteiger partial charge is 0.257 e. The van der Waals surface area contributed by atoms with Gasteiger partial charge in [-0.25, -0.2) is 0 Å². The molecular formula is C18H21NO3. The molecule has 1 amide bonds. The van der Waals surface area contributed by atoms with E-state index in [1.165, 1.54) is 5.56 Å². The van der Waals surface area contributed by atoms with Gasteiger partial charge in [-0.2, -0.15) is 0 Å². The van der Waals surface area contributed by atoms with Gasteiger partial charge in [0.25, 0.3) is 5.91 Å². The van der Waals surface area contributed by atoms with Gasteiger partial charge in [0.05, 0.1) is 19.2 Å². The SMILES string of the molecule is COc1ccccc1C(=O)N(C)CCOc1ccc(C)cc1. The Balaban J connectivity index is 1.90. The number of carbonyl (C=O) groups excluding carboxylic acids is 1. The Morgan fingerprint density at radius 3 is 2.45 bits per heavy atom. The van der Waals surface area contributed by atoms with Crippen molar-refractivity contribution < 1.29 is 14.3 Å². The fourth-order valence-corrected chi connectivity index (χ4v) is 2.06. The topological polar surface area (TPSA) is 38.8 Å². The minimum absolute atomic E-state index is 0.0787. The number of amides is 1. The number of benzene rings is 2. The van der Waals surface area contributed by atoms with E-state index in [4.69, 9.17) is 9.47 Å². The van der Waals surface area contributed by atoms with Crippen molar-refractivity contribution in [1.82, 2.24) is 4.90 Å². The van der Waals surface area contributed by atoms with E-state index in [9.17, 15) is 4.79 Å². The lowest BCUT2D eigenvalue weighted by molar-refractivity contribution is 0.0770. The van der Waals surface area contributed by atoms with Crippen LogP contribution in [0.2, 0.25) is 0 Å². The molecule has 0 spiro atoms. The summed E-state index contributed by atoms with van der Waals surface area (Å²) in [5, 5.41) is 0. The number of likely N-dealkylation sites (N-methyl/N-ethyl adjacent to an activating group) is 1. The quantitative estimate of drug-likeness (QED) is 0.822. The monoisotopic (exact) mass is 299 g/mol. The van der Waals surface area contributed by atoms with E-state index in [0.717, 1.165) is 5.75 Å². The summed E-state index contributed by atoms with van der Waals surface area (Å²) < 4.78 is 10.9. The van der Waals surface area contributed by atoms with Crippen molar-refractivity contribution >= 4 is 5.91 Å². The highest BCUT2D eigenvalue weighted by Gasteiger charge is 2.15. The molecule has 0 unspecified atom stereocenters. The van der Waals surface area contributed by atoms with Crippen LogP contribution in [0.3, 0.4) is 0 Å². The van der Waals surface area contributed by atoms with Crippen LogP contribution < -0.4 is 9.47 Å². The van der Waals surface area contributed by atoms with Gasteiger partial charge in [-0.1, -0.05) is 29.8 Å². The Labute approximate surface area is 131 Å². The third-order valence-electron chi connectivity index (χ3n) is 3.40. The van der Waals surface area contributed by atoms with Crippen molar-refractivity contribution in [1.29, 1.82) is 0 Å². The Kier molecular flexibility index (Phi) is 5.42. The first-order chi connectivity index (χ1) is 10.6. The minimum Gasteiger partial charge on any atom is -0.496 e. The molecule has 4 heteroatoms. The van der Waals surface area contributed by atoms with E-state index in [2.05, 4.69) is 0 Å². The maximum atomic E-state index is 12.4. The summed E-state index contributed by atoms with van der Waals surface area (Å²) in [5.74, 6) is 1.31. The van der Waals surface area contributed by atoms with Crippen molar-refractivity contribution in [3.8, 4) is 11.5 Å². The van der Waals surface area contributed by atoms with Crippen molar-refractivity contribution in [2.45, 2.75) is 6.92 Å². The largest absolute Gasteiger partial charge is 0.496 e. The number of methoxy groups -OCH3 is 1. The Morgan fingerprint density at radius 1 is 1.09 bits per heavy atom. The summed E-state index contributed by atoms with van der Waals surface area (Å²) in [4.78, 5) is 14.0. The molecule has 0 atom stereocenters. The minimum atomic E-state index is -0.0787. The zero-order chi connectivity index (χ0) is 15.9. The highest BCUT2D eigenvalue weighted by atomic mass is 16.5. The molecule has 0 aromatic heterocycles. The van der Waals surface area contributed by atoms with Gasteiger partial charge in [-0.15, -0.1) is 0 Å². The molecule has 0 bridgehead atoms. The normalized spacial score (nSPS) is 10.1. The number of nitrogens with zero attached hydrogens (tertiary/aromatic N) is 1. The molecule has 4 nitrogen and oxygen atoms in total. The lowest BCUT2D eigenvalue weighted by Gasteiger charge is -2.19. The lowest BCUT2D eigenvalue weighted by atomic mass is 10.2. The van der Waals surface area contributed by atoms with Crippen LogP contribution >= 0.6 is 0 Å². The van der Waals surface area contributed by atoms with Crippen LogP contribution in [0, 0.1) is 6.92 Å². The highest BCUT2D eigenvalue weighted by molar-refractivity contribution is 5.96. The summed E-state index contributed by atoms with van der Waals surface area (Å²) in [7, 11) is 3.32. The second-order valence-electron chi connectivity index (χ2n) is 5.09. The van der Waals surface area contributed by atoms with Gasteiger partial charge >= 0.3 is 0 Å². The molecule has 0 radical (unpaired) electrons. The first-order valence-corrected chi connectivity index (χ1v) is 7.20. The van der Waals surface area contributed by atoms with Crippen LogP contribution in [-0.4, -0.2) is 38.1 Å². The summed E-state index contributed by atoms with van der Waals surface area (Å²) >= 11 is 0. The zero-order valence-corrected chi connectivity index (χ0v) is 13.2. The van der Waals surface area contributed by atoms with Crippen molar-refractivity contribution in [2.24, 2.45) is 0 Å². The van der Waals surface area contributed by atoms with Crippen LogP contribution in [0.1, 0.15) is 15.9 Å². The first-order valence-electron chi connectivity index (χ1n) is 7.20. The predicted octanol–water partition coefficient (Wildman–Crippen LogP) is 3.15. The summed E-state index contributed by atoms with van der Waals surface area (Å²) in [6, 6.07) is 15.1. The van der Waals surface area contributed by atoms with E-state index in [0.29, 0.717) is 24.5 Å². The van der Waals surface area contributed by atoms with Crippen LogP contribution in [0.4, 0.5) is 0 Å². The average molecular weight is 299 g/mol. The van der Waals surface area contributed by atoms with E-state index in [1.807, 2.05) is 43.3 Å². The molecule has 0 heterocycles. The third kappa shape index (κ3) is 4.01. The van der Waals surface area contributed by atoms with Crippen LogP contribution in [-0.2, 0) is 0 Å². The molecule has 0 aliphatic heterocycles. The van der Waals surface area contributed by atoms with E-state index in [-0.39, 0.29) is 5.91 Å². The number of aryl methyl sites for hydroxylation is 1. The number of hydrogen-bond donors (Lipinski definition) is 0. The van der Waals surface area contributed by atoms with E-state index in [1.54, 1.807) is 31.2 Å². The molecule has 116 valence electrons. The lowest BCUT2D eigenvalue weighted by Crippen LogP contribution is -2.31. The van der Waals surface area contributed by atoms with Crippen LogP contribution in [0.25, 0.3) is 0 Å². The van der Waals surface area contributed by atoms with Gasteiger partial charge in [-0.3, -0.25) is 4.79 Å². The van der Waals surface area contributed by atoms with Crippen molar-refractivity contribution in [2.75, 3.05) is 27.3 Å². The molecule has 0 saturated heterocycles. The molecule has 0 aliphatic rings. The van der Waals surface area contributed by atoms with Gasteiger partial charge in [0.2, 0.25) is 0 Å².